The molecule has 0 saturated carbocycles. The second-order valence-electron chi connectivity index (χ2n) is 6.68. The highest BCUT2D eigenvalue weighted by Gasteiger charge is 2.28. The van der Waals surface area contributed by atoms with Crippen LogP contribution in [-0.2, 0) is 14.3 Å². The zero-order valence-electron chi connectivity index (χ0n) is 16.0. The van der Waals surface area contributed by atoms with Crippen molar-refractivity contribution in [2.75, 3.05) is 25.5 Å². The first-order valence-electron chi connectivity index (χ1n) is 9.45. The Balaban J connectivity index is 1.97. The molecular weight excluding hydrogens is 332 g/mol. The van der Waals surface area contributed by atoms with Gasteiger partial charge in [-0.05, 0) is 50.5 Å². The largest absolute Gasteiger partial charge is 0.497 e. The summed E-state index contributed by atoms with van der Waals surface area (Å²) in [5, 5.41) is 3.22. The Hall–Kier alpha value is -2.24. The summed E-state index contributed by atoms with van der Waals surface area (Å²) in [5.74, 6) is 0.275. The third kappa shape index (κ3) is 5.64. The summed E-state index contributed by atoms with van der Waals surface area (Å²) < 4.78 is 10.6. The number of anilines is 1. The number of amides is 1. The van der Waals surface area contributed by atoms with E-state index < -0.39 is 12.1 Å². The van der Waals surface area contributed by atoms with Crippen LogP contribution in [0.5, 0.6) is 5.75 Å². The molecule has 1 heterocycles. The molecule has 2 rings (SSSR count). The molecule has 0 radical (unpaired) electrons. The molecule has 1 N–H and O–H groups in total. The number of likely N-dealkylation sites (tertiary alicyclic amines) is 1. The number of carbonyl (C=O) groups excluding carboxylic acids is 2. The lowest BCUT2D eigenvalue weighted by Gasteiger charge is -2.24. The number of nitrogens with one attached hydrogen (secondary N) is 1. The topological polar surface area (TPSA) is 67.9 Å². The first-order chi connectivity index (χ1) is 12.5. The van der Waals surface area contributed by atoms with Gasteiger partial charge in [-0.3, -0.25) is 4.79 Å². The number of unbranched alkanes of at least 4 members (excludes halogenated alkanes) is 1. The van der Waals surface area contributed by atoms with E-state index in [-0.39, 0.29) is 11.9 Å². The minimum atomic E-state index is -0.748. The lowest BCUT2D eigenvalue weighted by Crippen LogP contribution is -2.41. The fourth-order valence-corrected chi connectivity index (χ4v) is 3.05. The number of rotatable bonds is 9. The predicted molar refractivity (Wildman–Crippen MR) is 101 cm³/mol. The first kappa shape index (κ1) is 20.1. The molecule has 1 saturated heterocycles. The van der Waals surface area contributed by atoms with Crippen LogP contribution in [0.2, 0.25) is 0 Å². The van der Waals surface area contributed by atoms with Gasteiger partial charge in [0.1, 0.15) is 11.8 Å². The highest BCUT2D eigenvalue weighted by atomic mass is 16.5. The second-order valence-corrected chi connectivity index (χ2v) is 6.68. The van der Waals surface area contributed by atoms with Crippen LogP contribution in [0.15, 0.2) is 24.3 Å². The van der Waals surface area contributed by atoms with Crippen molar-refractivity contribution in [3.8, 4) is 5.75 Å². The maximum absolute atomic E-state index is 12.6. The lowest BCUT2D eigenvalue weighted by molar-refractivity contribution is -0.159. The summed E-state index contributed by atoms with van der Waals surface area (Å²) in [6.45, 7) is 5.24. The summed E-state index contributed by atoms with van der Waals surface area (Å²) in [6, 6.07) is 6.93. The number of methoxy groups -OCH3 is 1. The van der Waals surface area contributed by atoms with Crippen molar-refractivity contribution in [1.82, 2.24) is 4.90 Å². The molecule has 1 unspecified atom stereocenters. The van der Waals surface area contributed by atoms with Gasteiger partial charge in [0.15, 0.2) is 6.10 Å². The van der Waals surface area contributed by atoms with Crippen molar-refractivity contribution in [1.29, 1.82) is 0 Å². The van der Waals surface area contributed by atoms with Crippen molar-refractivity contribution in [2.24, 2.45) is 0 Å². The zero-order chi connectivity index (χ0) is 18.9. The average Bonchev–Trinajstić information content (AvgIpc) is 3.19. The van der Waals surface area contributed by atoms with Gasteiger partial charge in [-0.2, -0.15) is 0 Å². The third-order valence-electron chi connectivity index (χ3n) is 4.62. The monoisotopic (exact) mass is 362 g/mol. The Morgan fingerprint density at radius 3 is 2.42 bits per heavy atom. The Morgan fingerprint density at radius 1 is 1.19 bits per heavy atom. The van der Waals surface area contributed by atoms with Crippen molar-refractivity contribution in [2.45, 2.75) is 58.1 Å². The van der Waals surface area contributed by atoms with Gasteiger partial charge >= 0.3 is 5.97 Å². The minimum Gasteiger partial charge on any atom is -0.497 e. The van der Waals surface area contributed by atoms with E-state index in [4.69, 9.17) is 9.47 Å². The lowest BCUT2D eigenvalue weighted by atomic mass is 10.1. The summed E-state index contributed by atoms with van der Waals surface area (Å²) in [4.78, 5) is 26.8. The van der Waals surface area contributed by atoms with Crippen LogP contribution >= 0.6 is 0 Å². The number of hydrogen-bond donors (Lipinski definition) is 1. The number of ether oxygens (including phenoxy) is 2. The first-order valence-corrected chi connectivity index (χ1v) is 9.45. The van der Waals surface area contributed by atoms with E-state index in [0.29, 0.717) is 6.42 Å². The molecular formula is C20H30N2O4. The quantitative estimate of drug-likeness (QED) is 0.683. The minimum absolute atomic E-state index is 0.102. The van der Waals surface area contributed by atoms with Crippen molar-refractivity contribution >= 4 is 17.6 Å². The van der Waals surface area contributed by atoms with Crippen LogP contribution in [0.25, 0.3) is 0 Å². The van der Waals surface area contributed by atoms with Gasteiger partial charge < -0.3 is 19.7 Å². The van der Waals surface area contributed by atoms with Crippen molar-refractivity contribution in [3.63, 3.8) is 0 Å². The molecule has 6 nitrogen and oxygen atoms in total. The maximum atomic E-state index is 12.6. The molecule has 6 heteroatoms. The van der Waals surface area contributed by atoms with Gasteiger partial charge in [-0.25, -0.2) is 4.79 Å². The van der Waals surface area contributed by atoms with Crippen molar-refractivity contribution in [3.05, 3.63) is 24.3 Å². The molecule has 2 atom stereocenters. The average molecular weight is 362 g/mol. The van der Waals surface area contributed by atoms with Crippen LogP contribution in [0.1, 0.15) is 46.0 Å². The second kappa shape index (κ2) is 10.0. The van der Waals surface area contributed by atoms with Crippen LogP contribution in [0, 0.1) is 0 Å². The SMILES string of the molecule is CCCCC(Nc1ccc(OC)cc1)C(=O)O[C@@H](C)C(=O)N1CCCC1. The van der Waals surface area contributed by atoms with Gasteiger partial charge in [0.2, 0.25) is 0 Å². The molecule has 0 bridgehead atoms. The van der Waals surface area contributed by atoms with E-state index in [2.05, 4.69) is 12.2 Å². The Kier molecular flexibility index (Phi) is 7.75. The van der Waals surface area contributed by atoms with E-state index in [0.717, 1.165) is 50.2 Å². The standard InChI is InChI=1S/C20H30N2O4/c1-4-5-8-18(21-16-9-11-17(25-3)12-10-16)20(24)26-15(2)19(23)22-13-6-7-14-22/h9-12,15,18,21H,4-8,13-14H2,1-3H3/t15-,18?/m0/s1. The molecule has 1 aliphatic rings. The molecule has 0 aromatic heterocycles. The molecule has 1 aromatic carbocycles. The third-order valence-corrected chi connectivity index (χ3v) is 4.62. The Labute approximate surface area is 155 Å². The summed E-state index contributed by atoms with van der Waals surface area (Å²) in [7, 11) is 1.61. The fourth-order valence-electron chi connectivity index (χ4n) is 3.05. The number of carbonyl (C=O) groups is 2. The fraction of sp³-hybridized carbons (Fsp3) is 0.600. The van der Waals surface area contributed by atoms with Gasteiger partial charge in [0, 0.05) is 18.8 Å². The number of hydrogen-bond acceptors (Lipinski definition) is 5. The van der Waals surface area contributed by atoms with Gasteiger partial charge in [0.25, 0.3) is 5.91 Å². The zero-order valence-corrected chi connectivity index (χ0v) is 16.0. The molecule has 0 aliphatic carbocycles. The maximum Gasteiger partial charge on any atom is 0.329 e. The van der Waals surface area contributed by atoms with Crippen LogP contribution in [-0.4, -0.2) is 49.1 Å². The normalized spacial score (nSPS) is 16.0. The van der Waals surface area contributed by atoms with E-state index in [1.165, 1.54) is 0 Å². The molecule has 1 fully saturated rings. The highest BCUT2D eigenvalue weighted by molar-refractivity contribution is 5.86. The van der Waals surface area contributed by atoms with Gasteiger partial charge in [-0.15, -0.1) is 0 Å². The van der Waals surface area contributed by atoms with Crippen LogP contribution < -0.4 is 10.1 Å². The predicted octanol–water partition coefficient (Wildman–Crippen LogP) is 3.22. The molecule has 1 amide bonds. The summed E-state index contributed by atoms with van der Waals surface area (Å²) >= 11 is 0. The van der Waals surface area contributed by atoms with E-state index in [1.54, 1.807) is 18.9 Å². The summed E-state index contributed by atoms with van der Waals surface area (Å²) in [5.41, 5.74) is 0.822. The van der Waals surface area contributed by atoms with Gasteiger partial charge in [0.05, 0.1) is 7.11 Å². The Morgan fingerprint density at radius 2 is 1.85 bits per heavy atom. The van der Waals surface area contributed by atoms with E-state index >= 15 is 0 Å². The Bertz CT molecular complexity index is 582. The molecule has 144 valence electrons. The molecule has 0 spiro atoms. The van der Waals surface area contributed by atoms with Gasteiger partial charge in [-0.1, -0.05) is 19.8 Å². The molecule has 1 aromatic rings. The molecule has 1 aliphatic heterocycles. The highest BCUT2D eigenvalue weighted by Crippen LogP contribution is 2.18. The number of benzene rings is 1. The van der Waals surface area contributed by atoms with Crippen LogP contribution in [0.3, 0.4) is 0 Å². The number of nitrogens with zero attached hydrogens (tertiary/aromatic N) is 1. The van der Waals surface area contributed by atoms with E-state index in [9.17, 15) is 9.59 Å². The summed E-state index contributed by atoms with van der Waals surface area (Å²) in [6.07, 6.45) is 3.83. The van der Waals surface area contributed by atoms with Crippen LogP contribution in [0.4, 0.5) is 5.69 Å². The van der Waals surface area contributed by atoms with E-state index in [1.807, 2.05) is 24.3 Å². The molecule has 26 heavy (non-hydrogen) atoms. The van der Waals surface area contributed by atoms with Crippen molar-refractivity contribution < 1.29 is 19.1 Å². The smallest absolute Gasteiger partial charge is 0.329 e. The number of esters is 1.